The maximum atomic E-state index is 11.2. The Labute approximate surface area is 590 Å². The van der Waals surface area contributed by atoms with Crippen LogP contribution in [0.15, 0.2) is 279 Å². The zero-order valence-electron chi connectivity index (χ0n) is 55.0. The van der Waals surface area contributed by atoms with Crippen LogP contribution in [0.1, 0.15) is 45.9 Å². The number of rotatable bonds is 11. The lowest BCUT2D eigenvalue weighted by molar-refractivity contribution is 1.35. The first-order valence-electron chi connectivity index (χ1n) is 33.3. The third-order valence-electron chi connectivity index (χ3n) is 18.9. The third kappa shape index (κ3) is 11.6. The quantitative estimate of drug-likeness (QED) is 0.0875. The van der Waals surface area contributed by atoms with Crippen molar-refractivity contribution < 1.29 is 0 Å². The fourth-order valence-electron chi connectivity index (χ4n) is 13.7. The van der Waals surface area contributed by atoms with Gasteiger partial charge in [-0.05, 0) is 157 Å². The molecule has 7 aromatic heterocycles. The van der Waals surface area contributed by atoms with Gasteiger partial charge in [-0.1, -0.05) is 158 Å². The van der Waals surface area contributed by atoms with Gasteiger partial charge < -0.3 is 0 Å². The molecule has 17 aromatic rings. The summed E-state index contributed by atoms with van der Waals surface area (Å²) in [6.45, 7) is 1.99. The van der Waals surface area contributed by atoms with Crippen molar-refractivity contribution in [1.29, 1.82) is 26.3 Å². The number of allylic oxidation sites excluding steroid dienone is 3. The molecule has 0 unspecified atom stereocenters. The van der Waals surface area contributed by atoms with E-state index in [1.165, 1.54) is 0 Å². The van der Waals surface area contributed by atoms with Crippen LogP contribution in [0.5, 0.6) is 0 Å². The van der Waals surface area contributed by atoms with E-state index in [9.17, 15) is 26.3 Å². The van der Waals surface area contributed by atoms with Crippen LogP contribution >= 0.6 is 0 Å². The highest BCUT2D eigenvalue weighted by atomic mass is 14.8. The Balaban J connectivity index is 0.718. The Morgan fingerprint density at radius 3 is 1.21 bits per heavy atom. The van der Waals surface area contributed by atoms with E-state index in [1.807, 2.05) is 201 Å². The van der Waals surface area contributed by atoms with Gasteiger partial charge in [0.05, 0.1) is 137 Å². The molecule has 0 amide bonds. The van der Waals surface area contributed by atoms with Crippen molar-refractivity contribution in [2.45, 2.75) is 6.92 Å². The standard InChI is InChI=1S/C91H50N12/c1-2-59(65-10-3-7-55(39-65)49-92)17-15-54-16-18-60-24-32-78(97-85(60)44-54)68-13-6-14-69(45-68)81-34-26-62-19-20-63-27-35-82(100-87(63)86(62)99-81)70-23-30-75(74(46-70)53-96)77-48-71-29-37-80(67-12-5-9-57(41-67)51-94)101-90(71)91-76(77)31-38-84(103-91)73-43-58(52-95)42-72(47-73)83-36-28-64-22-21-61-25-33-79(98-88(61)89(64)102-83)66-11-4-8-56(40-66)50-93/h2-48H,1H3/b17-15-,59-2+. The van der Waals surface area contributed by atoms with Crippen molar-refractivity contribution in [2.24, 2.45) is 0 Å². The Hall–Kier alpha value is -15.0. The number of nitrogens with zero attached hydrogens (tertiary/aromatic N) is 12. The molecule has 12 nitrogen and oxygen atoms in total. The molecule has 474 valence electrons. The lowest BCUT2D eigenvalue weighted by Crippen LogP contribution is -1.96. The lowest BCUT2D eigenvalue weighted by Gasteiger charge is -2.15. The average molecular weight is 1310 g/mol. The second kappa shape index (κ2) is 25.8. The molecule has 0 N–H and O–H groups in total. The summed E-state index contributed by atoms with van der Waals surface area (Å²) < 4.78 is 0. The second-order valence-electron chi connectivity index (χ2n) is 25.2. The van der Waals surface area contributed by atoms with Crippen molar-refractivity contribution in [3.63, 3.8) is 0 Å². The number of hydrogen-bond acceptors (Lipinski definition) is 12. The molecule has 12 heteroatoms. The Bertz CT molecular complexity index is 6790. The zero-order valence-corrected chi connectivity index (χ0v) is 55.0. The fraction of sp³-hybridized carbons (Fsp3) is 0.0110. The summed E-state index contributed by atoms with van der Waals surface area (Å²) in [4.78, 5) is 36.9. The van der Waals surface area contributed by atoms with Crippen LogP contribution < -0.4 is 0 Å². The summed E-state index contributed by atoms with van der Waals surface area (Å²) in [7, 11) is 0. The monoisotopic (exact) mass is 1310 g/mol. The van der Waals surface area contributed by atoms with Crippen LogP contribution in [0, 0.1) is 56.7 Å². The first-order valence-corrected chi connectivity index (χ1v) is 33.3. The van der Waals surface area contributed by atoms with Crippen LogP contribution in [-0.2, 0) is 0 Å². The van der Waals surface area contributed by atoms with E-state index in [0.717, 1.165) is 116 Å². The topological polar surface area (TPSA) is 209 Å². The van der Waals surface area contributed by atoms with Gasteiger partial charge in [-0.3, -0.25) is 0 Å². The van der Waals surface area contributed by atoms with Gasteiger partial charge in [0.1, 0.15) is 0 Å². The molecule has 0 saturated heterocycles. The van der Waals surface area contributed by atoms with E-state index in [1.54, 1.807) is 12.1 Å². The molecule has 10 aromatic carbocycles. The van der Waals surface area contributed by atoms with E-state index in [4.69, 9.17) is 34.9 Å². The molecule has 0 radical (unpaired) electrons. The highest BCUT2D eigenvalue weighted by Crippen LogP contribution is 2.41. The SMILES string of the molecule is C/C=C(\C=C/c1ccc2ccc(-c3cccc(-c4ccc5ccc6ccc(-c7ccc(-c8cc9ccc(-c%10cccc(C#N)c%10)nc9c9nc(-c%10cc(C#N)cc(-c%11ccc%12ccc%13ccc(-c%14cccc(C#N)c%14)nc%13c%12n%11)c%10)ccc89)c(C#N)c7)nc6c5n4)c3)nc2c1)c1cccc(C#N)c1. The minimum absolute atomic E-state index is 0.414. The van der Waals surface area contributed by atoms with Crippen LogP contribution in [-0.4, -0.2) is 34.9 Å². The number of fused-ring (bicyclic) bond motifs is 10. The number of pyridine rings is 7. The summed E-state index contributed by atoms with van der Waals surface area (Å²) in [5, 5.41) is 57.1. The van der Waals surface area contributed by atoms with Gasteiger partial charge in [0, 0.05) is 82.2 Å². The molecule has 0 spiro atoms. The van der Waals surface area contributed by atoms with Crippen LogP contribution in [0.3, 0.4) is 0 Å². The molecule has 0 atom stereocenters. The van der Waals surface area contributed by atoms with Crippen LogP contribution in [0.2, 0.25) is 0 Å². The van der Waals surface area contributed by atoms with Crippen molar-refractivity contribution >= 4 is 88.0 Å². The molecule has 7 heterocycles. The highest BCUT2D eigenvalue weighted by molar-refractivity contribution is 6.12. The van der Waals surface area contributed by atoms with Crippen molar-refractivity contribution in [1.82, 2.24) is 34.9 Å². The summed E-state index contributed by atoms with van der Waals surface area (Å²) in [6.07, 6.45) is 6.19. The molecular weight excluding hydrogens is 1260 g/mol. The number of benzene rings is 10. The molecule has 0 fully saturated rings. The first-order chi connectivity index (χ1) is 50.6. The molecule has 0 aliphatic rings. The average Bonchev–Trinajstić information content (AvgIpc) is 0.745. The summed E-state index contributed by atoms with van der Waals surface area (Å²) in [5.41, 5.74) is 22.4. The van der Waals surface area contributed by atoms with E-state index >= 15 is 0 Å². The maximum Gasteiger partial charge on any atom is 0.0998 e. The molecule has 0 bridgehead atoms. The summed E-state index contributed by atoms with van der Waals surface area (Å²) in [6, 6.07) is 98.4. The third-order valence-corrected chi connectivity index (χ3v) is 18.9. The van der Waals surface area contributed by atoms with Gasteiger partial charge in [-0.15, -0.1) is 0 Å². The molecule has 0 saturated carbocycles. The maximum absolute atomic E-state index is 11.2. The lowest BCUT2D eigenvalue weighted by atomic mass is 9.92. The second-order valence-corrected chi connectivity index (χ2v) is 25.2. The van der Waals surface area contributed by atoms with Gasteiger partial charge in [-0.25, -0.2) is 34.9 Å². The smallest absolute Gasteiger partial charge is 0.0998 e. The van der Waals surface area contributed by atoms with Gasteiger partial charge in [0.2, 0.25) is 0 Å². The molecule has 0 aliphatic heterocycles. The minimum Gasteiger partial charge on any atom is -0.248 e. The number of nitriles is 5. The van der Waals surface area contributed by atoms with E-state index in [2.05, 4.69) is 109 Å². The Morgan fingerprint density at radius 2 is 0.689 bits per heavy atom. The predicted octanol–water partition coefficient (Wildman–Crippen LogP) is 21.3. The number of hydrogen-bond donors (Lipinski definition) is 0. The van der Waals surface area contributed by atoms with Gasteiger partial charge in [0.15, 0.2) is 0 Å². The first kappa shape index (κ1) is 61.6. The minimum atomic E-state index is 0.414. The Kier molecular flexibility index (Phi) is 15.4. The van der Waals surface area contributed by atoms with Gasteiger partial charge >= 0.3 is 0 Å². The predicted molar refractivity (Wildman–Crippen MR) is 410 cm³/mol. The van der Waals surface area contributed by atoms with Gasteiger partial charge in [-0.2, -0.15) is 26.3 Å². The summed E-state index contributed by atoms with van der Waals surface area (Å²) >= 11 is 0. The zero-order chi connectivity index (χ0) is 69.7. The molecular formula is C91H50N12. The molecule has 0 aliphatic carbocycles. The van der Waals surface area contributed by atoms with E-state index in [0.29, 0.717) is 95.0 Å². The van der Waals surface area contributed by atoms with Gasteiger partial charge in [0.25, 0.3) is 0 Å². The van der Waals surface area contributed by atoms with Crippen LogP contribution in [0.25, 0.3) is 178 Å². The normalized spacial score (nSPS) is 11.5. The van der Waals surface area contributed by atoms with Crippen molar-refractivity contribution in [3.05, 3.63) is 318 Å². The van der Waals surface area contributed by atoms with Crippen LogP contribution in [0.4, 0.5) is 0 Å². The number of aromatic nitrogens is 7. The Morgan fingerprint density at radius 1 is 0.291 bits per heavy atom. The van der Waals surface area contributed by atoms with E-state index in [-0.39, 0.29) is 0 Å². The van der Waals surface area contributed by atoms with Crippen molar-refractivity contribution in [3.8, 4) is 120 Å². The largest absolute Gasteiger partial charge is 0.248 e. The molecule has 17 rings (SSSR count). The molecule has 103 heavy (non-hydrogen) atoms. The highest BCUT2D eigenvalue weighted by Gasteiger charge is 2.20. The fourth-order valence-corrected chi connectivity index (χ4v) is 13.7. The van der Waals surface area contributed by atoms with E-state index < -0.39 is 0 Å². The van der Waals surface area contributed by atoms with Crippen molar-refractivity contribution in [2.75, 3.05) is 0 Å². The summed E-state index contributed by atoms with van der Waals surface area (Å²) in [5.74, 6) is 0.